The van der Waals surface area contributed by atoms with Gasteiger partial charge in [-0.1, -0.05) is 55.6 Å². The van der Waals surface area contributed by atoms with Gasteiger partial charge in [-0.05, 0) is 101 Å². The predicted octanol–water partition coefficient (Wildman–Crippen LogP) is 7.33. The van der Waals surface area contributed by atoms with Gasteiger partial charge >= 0.3 is 0 Å². The lowest BCUT2D eigenvalue weighted by molar-refractivity contribution is -0.108. The van der Waals surface area contributed by atoms with Crippen LogP contribution in [0.2, 0.25) is 0 Å². The molecule has 150 valence electrons. The molecule has 4 heteroatoms. The van der Waals surface area contributed by atoms with Gasteiger partial charge < -0.3 is 0 Å². The Morgan fingerprint density at radius 1 is 0.800 bits per heavy atom. The van der Waals surface area contributed by atoms with E-state index in [1.807, 2.05) is 36.4 Å². The minimum absolute atomic E-state index is 0.00946. The van der Waals surface area contributed by atoms with Crippen LogP contribution in [-0.4, -0.2) is 10.2 Å². The zero-order valence-corrected chi connectivity index (χ0v) is 18.6. The van der Waals surface area contributed by atoms with Gasteiger partial charge in [-0.2, -0.15) is 0 Å². The summed E-state index contributed by atoms with van der Waals surface area (Å²) >= 11 is 2.38. The Hall–Kier alpha value is -2.82. The first-order valence-corrected chi connectivity index (χ1v) is 11.0. The van der Waals surface area contributed by atoms with Crippen molar-refractivity contribution in [1.82, 2.24) is 0 Å². The molecule has 0 bridgehead atoms. The number of hydrogen-bond donors (Lipinski definition) is 0. The molecule has 0 heterocycles. The average Bonchev–Trinajstić information content (AvgIpc) is 2.74. The molecule has 3 aromatic carbocycles. The summed E-state index contributed by atoms with van der Waals surface area (Å²) in [6.07, 6.45) is 1.32. The molecule has 2 nitrogen and oxygen atoms in total. The lowest BCUT2D eigenvalue weighted by Crippen LogP contribution is -1.92. The van der Waals surface area contributed by atoms with Gasteiger partial charge in [0.15, 0.2) is 0 Å². The Labute approximate surface area is 186 Å². The number of aryl methyl sites for hydroxylation is 1. The van der Waals surface area contributed by atoms with Gasteiger partial charge in [0.05, 0.1) is 0 Å². The lowest BCUT2D eigenvalue weighted by Gasteiger charge is -2.10. The lowest BCUT2D eigenvalue weighted by atomic mass is 9.98. The van der Waals surface area contributed by atoms with Gasteiger partial charge in [-0.25, -0.2) is 0 Å². The number of rotatable bonds is 6. The predicted molar refractivity (Wildman–Crippen MR) is 129 cm³/mol. The maximum absolute atomic E-state index is 11.9. The molecule has 3 aromatic rings. The largest absolute Gasteiger partial charge is 0.282 e. The van der Waals surface area contributed by atoms with Crippen LogP contribution < -0.4 is 0 Å². The van der Waals surface area contributed by atoms with E-state index >= 15 is 0 Å². The molecule has 0 aliphatic heterocycles. The summed E-state index contributed by atoms with van der Waals surface area (Å²) in [6.45, 7) is 11.0. The van der Waals surface area contributed by atoms with Crippen molar-refractivity contribution in [2.75, 3.05) is 0 Å². The molecule has 30 heavy (non-hydrogen) atoms. The molecule has 0 aliphatic rings. The highest BCUT2D eigenvalue weighted by atomic mass is 32.2. The smallest absolute Gasteiger partial charge is 0.219 e. The van der Waals surface area contributed by atoms with Crippen LogP contribution in [0.5, 0.6) is 0 Å². The van der Waals surface area contributed by atoms with E-state index in [0.717, 1.165) is 37.6 Å². The van der Waals surface area contributed by atoms with Crippen molar-refractivity contribution in [2.24, 2.45) is 0 Å². The molecule has 0 N–H and O–H groups in total. The van der Waals surface area contributed by atoms with Gasteiger partial charge in [0.2, 0.25) is 10.2 Å². The van der Waals surface area contributed by atoms with Crippen molar-refractivity contribution >= 4 is 33.8 Å². The van der Waals surface area contributed by atoms with Crippen LogP contribution in [0, 0.1) is 6.92 Å². The third kappa shape index (κ3) is 5.41. The first-order chi connectivity index (χ1) is 14.4. The van der Waals surface area contributed by atoms with Crippen LogP contribution in [0.25, 0.3) is 22.3 Å². The molecule has 0 spiro atoms. The molecule has 0 saturated heterocycles. The monoisotopic (exact) mass is 430 g/mol. The van der Waals surface area contributed by atoms with E-state index in [0.29, 0.717) is 5.57 Å². The van der Waals surface area contributed by atoms with Crippen LogP contribution in [-0.2, 0) is 9.59 Å². The summed E-state index contributed by atoms with van der Waals surface area (Å²) in [5.41, 5.74) is 6.15. The summed E-state index contributed by atoms with van der Waals surface area (Å²) in [6, 6.07) is 22.4. The van der Waals surface area contributed by atoms with Gasteiger partial charge in [0.25, 0.3) is 0 Å². The fourth-order valence-corrected chi connectivity index (χ4v) is 4.28. The van der Waals surface area contributed by atoms with Gasteiger partial charge in [0, 0.05) is 9.79 Å². The second-order valence-corrected chi connectivity index (χ2v) is 9.00. The molecular formula is C26H22O2S2. The normalized spacial score (nSPS) is 10.5. The topological polar surface area (TPSA) is 34.1 Å². The molecule has 0 fully saturated rings. The molecular weight excluding hydrogens is 408 g/mol. The van der Waals surface area contributed by atoms with Crippen molar-refractivity contribution in [3.05, 3.63) is 97.1 Å². The molecule has 3 rings (SSSR count). The van der Waals surface area contributed by atoms with E-state index in [9.17, 15) is 9.59 Å². The van der Waals surface area contributed by atoms with E-state index in [1.165, 1.54) is 29.6 Å². The minimum Gasteiger partial charge on any atom is -0.282 e. The maximum Gasteiger partial charge on any atom is 0.219 e. The van der Waals surface area contributed by atoms with Crippen molar-refractivity contribution < 1.29 is 9.59 Å². The molecule has 0 saturated carbocycles. The van der Waals surface area contributed by atoms with Gasteiger partial charge in [-0.3, -0.25) is 9.59 Å². The summed E-state index contributed by atoms with van der Waals surface area (Å²) in [4.78, 5) is 25.2. The van der Waals surface area contributed by atoms with E-state index in [-0.39, 0.29) is 10.2 Å². The molecule has 0 radical (unpaired) electrons. The molecule has 0 aliphatic carbocycles. The summed E-state index contributed by atoms with van der Waals surface area (Å²) in [7, 11) is 0. The van der Waals surface area contributed by atoms with Crippen LogP contribution in [0.15, 0.2) is 101 Å². The number of hydrogen-bond acceptors (Lipinski definition) is 4. The Morgan fingerprint density at radius 3 is 1.87 bits per heavy atom. The third-order valence-corrected chi connectivity index (χ3v) is 6.42. The number of benzene rings is 3. The van der Waals surface area contributed by atoms with Crippen LogP contribution in [0.3, 0.4) is 0 Å². The molecule has 0 atom stereocenters. The fourth-order valence-electron chi connectivity index (χ4n) is 2.93. The SMILES string of the molecule is C=CC(=O)Sc1ccc(-c2ccc(-c3ccc(SC(=O)C(=C)C)cc3C)cc2)cc1. The average molecular weight is 431 g/mol. The van der Waals surface area contributed by atoms with E-state index in [2.05, 4.69) is 50.4 Å². The van der Waals surface area contributed by atoms with Crippen molar-refractivity contribution in [3.8, 4) is 22.3 Å². The molecule has 0 aromatic heterocycles. The second-order valence-electron chi connectivity index (χ2n) is 6.87. The summed E-state index contributed by atoms with van der Waals surface area (Å²) in [5, 5.41) is -0.0688. The van der Waals surface area contributed by atoms with Crippen molar-refractivity contribution in [1.29, 1.82) is 0 Å². The number of carbonyl (C=O) groups excluding carboxylic acids is 2. The highest BCUT2D eigenvalue weighted by Gasteiger charge is 2.09. The standard InChI is InChI=1S/C26H22O2S2/c1-5-25(27)29-22-12-10-20(11-13-22)19-6-8-21(9-7-19)24-15-14-23(16-18(24)4)30-26(28)17(2)3/h5-16H,1-2H2,3-4H3. The Kier molecular flexibility index (Phi) is 7.14. The van der Waals surface area contributed by atoms with Crippen LogP contribution in [0.1, 0.15) is 12.5 Å². The van der Waals surface area contributed by atoms with E-state index < -0.39 is 0 Å². The Balaban J connectivity index is 1.77. The van der Waals surface area contributed by atoms with Gasteiger partial charge in [0.1, 0.15) is 0 Å². The summed E-state index contributed by atoms with van der Waals surface area (Å²) in [5.74, 6) is 0. The highest BCUT2D eigenvalue weighted by Crippen LogP contribution is 2.31. The summed E-state index contributed by atoms with van der Waals surface area (Å²) < 4.78 is 0. The van der Waals surface area contributed by atoms with Crippen LogP contribution >= 0.6 is 23.5 Å². The number of carbonyl (C=O) groups is 2. The first kappa shape index (κ1) is 21.9. The Morgan fingerprint density at radius 2 is 1.33 bits per heavy atom. The van der Waals surface area contributed by atoms with E-state index in [1.54, 1.807) is 6.92 Å². The van der Waals surface area contributed by atoms with Crippen LogP contribution in [0.4, 0.5) is 0 Å². The quantitative estimate of drug-likeness (QED) is 0.303. The highest BCUT2D eigenvalue weighted by molar-refractivity contribution is 8.14. The zero-order chi connectivity index (χ0) is 21.7. The zero-order valence-electron chi connectivity index (χ0n) is 17.0. The van der Waals surface area contributed by atoms with E-state index in [4.69, 9.17) is 0 Å². The second kappa shape index (κ2) is 9.79. The number of thioether (sulfide) groups is 2. The Bertz CT molecular complexity index is 1110. The third-order valence-electron chi connectivity index (χ3n) is 4.53. The first-order valence-electron chi connectivity index (χ1n) is 9.41. The minimum atomic E-state index is -0.0594. The molecule has 0 amide bonds. The van der Waals surface area contributed by atoms with Gasteiger partial charge in [-0.15, -0.1) is 0 Å². The van der Waals surface area contributed by atoms with Crippen molar-refractivity contribution in [2.45, 2.75) is 23.6 Å². The fraction of sp³-hybridized carbons (Fsp3) is 0.0769. The van der Waals surface area contributed by atoms with Crippen molar-refractivity contribution in [3.63, 3.8) is 0 Å². The maximum atomic E-state index is 11.9. The molecule has 0 unspecified atom stereocenters.